The van der Waals surface area contributed by atoms with Crippen molar-refractivity contribution in [3.63, 3.8) is 0 Å². The van der Waals surface area contributed by atoms with Gasteiger partial charge in [-0.3, -0.25) is 9.59 Å². The van der Waals surface area contributed by atoms with E-state index in [1.54, 1.807) is 6.92 Å². The SMILES string of the molecule is CC(CCC(=O)O)NC(C)C(N)=O. The summed E-state index contributed by atoms with van der Waals surface area (Å²) in [5.74, 6) is -1.26. The highest BCUT2D eigenvalue weighted by molar-refractivity contribution is 5.79. The van der Waals surface area contributed by atoms with Gasteiger partial charge in [0.25, 0.3) is 0 Å². The first-order valence-corrected chi connectivity index (χ1v) is 4.20. The zero-order valence-electron chi connectivity index (χ0n) is 7.91. The van der Waals surface area contributed by atoms with E-state index in [1.165, 1.54) is 0 Å². The molecule has 0 aliphatic carbocycles. The van der Waals surface area contributed by atoms with Gasteiger partial charge in [0, 0.05) is 12.5 Å². The summed E-state index contributed by atoms with van der Waals surface area (Å²) in [6, 6.07) is -0.428. The molecule has 0 bridgehead atoms. The van der Waals surface area contributed by atoms with Crippen molar-refractivity contribution < 1.29 is 14.7 Å². The number of rotatable bonds is 6. The number of carbonyl (C=O) groups is 2. The van der Waals surface area contributed by atoms with E-state index in [0.29, 0.717) is 6.42 Å². The van der Waals surface area contributed by atoms with Crippen LogP contribution in [0.25, 0.3) is 0 Å². The summed E-state index contributed by atoms with van der Waals surface area (Å²) in [5.41, 5.74) is 5.02. The van der Waals surface area contributed by atoms with Gasteiger partial charge in [-0.25, -0.2) is 0 Å². The lowest BCUT2D eigenvalue weighted by atomic mass is 10.1. The molecule has 0 rings (SSSR count). The Morgan fingerprint density at radius 1 is 1.46 bits per heavy atom. The second-order valence-corrected chi connectivity index (χ2v) is 3.12. The zero-order chi connectivity index (χ0) is 10.4. The molecule has 0 aromatic heterocycles. The Labute approximate surface area is 77.3 Å². The summed E-state index contributed by atoms with van der Waals surface area (Å²) < 4.78 is 0. The molecule has 0 aliphatic heterocycles. The van der Waals surface area contributed by atoms with Crippen LogP contribution in [-0.2, 0) is 9.59 Å². The third-order valence-electron chi connectivity index (χ3n) is 1.75. The average Bonchev–Trinajstić information content (AvgIpc) is 2.00. The summed E-state index contributed by atoms with van der Waals surface area (Å²) in [7, 11) is 0. The van der Waals surface area contributed by atoms with Crippen LogP contribution < -0.4 is 11.1 Å². The molecule has 4 N–H and O–H groups in total. The van der Waals surface area contributed by atoms with E-state index in [2.05, 4.69) is 5.32 Å². The fraction of sp³-hybridized carbons (Fsp3) is 0.750. The van der Waals surface area contributed by atoms with Gasteiger partial charge >= 0.3 is 5.97 Å². The first-order valence-electron chi connectivity index (χ1n) is 4.20. The van der Waals surface area contributed by atoms with Gasteiger partial charge in [-0.15, -0.1) is 0 Å². The minimum Gasteiger partial charge on any atom is -0.481 e. The number of hydrogen-bond donors (Lipinski definition) is 3. The highest BCUT2D eigenvalue weighted by atomic mass is 16.4. The Hall–Kier alpha value is -1.10. The minimum atomic E-state index is -0.833. The number of amides is 1. The third-order valence-corrected chi connectivity index (χ3v) is 1.75. The maximum Gasteiger partial charge on any atom is 0.303 e. The van der Waals surface area contributed by atoms with Gasteiger partial charge in [-0.2, -0.15) is 0 Å². The topological polar surface area (TPSA) is 92.4 Å². The maximum absolute atomic E-state index is 10.6. The molecule has 76 valence electrons. The van der Waals surface area contributed by atoms with E-state index < -0.39 is 17.9 Å². The van der Waals surface area contributed by atoms with Gasteiger partial charge in [0.2, 0.25) is 5.91 Å². The number of nitrogens with two attached hydrogens (primary N) is 1. The Kier molecular flexibility index (Phi) is 5.06. The molecule has 0 saturated carbocycles. The molecule has 0 heterocycles. The minimum absolute atomic E-state index is 0.0152. The largest absolute Gasteiger partial charge is 0.481 e. The number of nitrogens with one attached hydrogen (secondary N) is 1. The van der Waals surface area contributed by atoms with E-state index in [9.17, 15) is 9.59 Å². The van der Waals surface area contributed by atoms with Crippen molar-refractivity contribution >= 4 is 11.9 Å². The molecular formula is C8H16N2O3. The summed E-state index contributed by atoms with van der Waals surface area (Å²) in [4.78, 5) is 20.8. The summed E-state index contributed by atoms with van der Waals surface area (Å²) in [5, 5.41) is 11.3. The first kappa shape index (κ1) is 11.9. The molecule has 0 aromatic carbocycles. The highest BCUT2D eigenvalue weighted by Gasteiger charge is 2.12. The summed E-state index contributed by atoms with van der Waals surface area (Å²) in [6.07, 6.45) is 0.590. The quantitative estimate of drug-likeness (QED) is 0.533. The van der Waals surface area contributed by atoms with Crippen molar-refractivity contribution in [1.29, 1.82) is 0 Å². The van der Waals surface area contributed by atoms with Gasteiger partial charge in [-0.05, 0) is 20.3 Å². The predicted octanol–water partition coefficient (Wildman–Crippen LogP) is -0.297. The summed E-state index contributed by atoms with van der Waals surface area (Å²) in [6.45, 7) is 3.47. The molecule has 13 heavy (non-hydrogen) atoms. The van der Waals surface area contributed by atoms with E-state index in [1.807, 2.05) is 6.92 Å². The standard InChI is InChI=1S/C8H16N2O3/c1-5(3-4-7(11)12)10-6(2)8(9)13/h5-6,10H,3-4H2,1-2H3,(H2,9,13)(H,11,12). The van der Waals surface area contributed by atoms with Gasteiger partial charge in [0.15, 0.2) is 0 Å². The molecule has 5 heteroatoms. The molecular weight excluding hydrogens is 172 g/mol. The Morgan fingerprint density at radius 2 is 2.00 bits per heavy atom. The molecule has 2 unspecified atom stereocenters. The molecule has 0 saturated heterocycles. The predicted molar refractivity (Wildman–Crippen MR) is 48.1 cm³/mol. The number of aliphatic carboxylic acids is 1. The zero-order valence-corrected chi connectivity index (χ0v) is 7.91. The van der Waals surface area contributed by atoms with Crippen molar-refractivity contribution in [2.24, 2.45) is 5.73 Å². The van der Waals surface area contributed by atoms with Crippen LogP contribution in [-0.4, -0.2) is 29.1 Å². The lowest BCUT2D eigenvalue weighted by Crippen LogP contribution is -2.43. The van der Waals surface area contributed by atoms with Gasteiger partial charge in [-0.1, -0.05) is 0 Å². The monoisotopic (exact) mass is 188 g/mol. The number of carboxylic acid groups (broad SMARTS) is 1. The molecule has 1 amide bonds. The third kappa shape index (κ3) is 6.10. The van der Waals surface area contributed by atoms with E-state index >= 15 is 0 Å². The van der Waals surface area contributed by atoms with E-state index in [-0.39, 0.29) is 12.5 Å². The molecule has 0 aromatic rings. The summed E-state index contributed by atoms with van der Waals surface area (Å²) >= 11 is 0. The van der Waals surface area contributed by atoms with Crippen molar-refractivity contribution in [3.8, 4) is 0 Å². The Balaban J connectivity index is 3.67. The van der Waals surface area contributed by atoms with Crippen LogP contribution in [0.4, 0.5) is 0 Å². The smallest absolute Gasteiger partial charge is 0.303 e. The van der Waals surface area contributed by atoms with Crippen LogP contribution in [0.5, 0.6) is 0 Å². The van der Waals surface area contributed by atoms with Crippen LogP contribution in [0.2, 0.25) is 0 Å². The second-order valence-electron chi connectivity index (χ2n) is 3.12. The molecule has 0 radical (unpaired) electrons. The van der Waals surface area contributed by atoms with Crippen molar-refractivity contribution in [2.45, 2.75) is 38.8 Å². The normalized spacial score (nSPS) is 14.9. The molecule has 0 aliphatic rings. The van der Waals surface area contributed by atoms with Crippen molar-refractivity contribution in [3.05, 3.63) is 0 Å². The number of carbonyl (C=O) groups excluding carboxylic acids is 1. The number of primary amides is 1. The molecule has 0 fully saturated rings. The Bertz CT molecular complexity index is 194. The lowest BCUT2D eigenvalue weighted by Gasteiger charge is -2.16. The molecule has 2 atom stereocenters. The van der Waals surface area contributed by atoms with Crippen LogP contribution >= 0.6 is 0 Å². The van der Waals surface area contributed by atoms with E-state index in [4.69, 9.17) is 10.8 Å². The van der Waals surface area contributed by atoms with Gasteiger partial charge in [0.05, 0.1) is 6.04 Å². The first-order chi connectivity index (χ1) is 5.93. The number of hydrogen-bond acceptors (Lipinski definition) is 3. The average molecular weight is 188 g/mol. The van der Waals surface area contributed by atoms with Crippen molar-refractivity contribution in [2.75, 3.05) is 0 Å². The van der Waals surface area contributed by atoms with Crippen molar-refractivity contribution in [1.82, 2.24) is 5.32 Å². The van der Waals surface area contributed by atoms with Crippen LogP contribution in [0.1, 0.15) is 26.7 Å². The van der Waals surface area contributed by atoms with Crippen LogP contribution in [0.15, 0.2) is 0 Å². The number of carboxylic acids is 1. The Morgan fingerprint density at radius 3 is 2.38 bits per heavy atom. The molecule has 5 nitrogen and oxygen atoms in total. The lowest BCUT2D eigenvalue weighted by molar-refractivity contribution is -0.137. The van der Waals surface area contributed by atoms with Gasteiger partial charge < -0.3 is 16.2 Å². The van der Waals surface area contributed by atoms with Crippen LogP contribution in [0, 0.1) is 0 Å². The fourth-order valence-corrected chi connectivity index (χ4v) is 0.932. The maximum atomic E-state index is 10.6. The van der Waals surface area contributed by atoms with Crippen LogP contribution in [0.3, 0.4) is 0 Å². The van der Waals surface area contributed by atoms with E-state index in [0.717, 1.165) is 0 Å². The molecule has 0 spiro atoms. The fourth-order valence-electron chi connectivity index (χ4n) is 0.932. The second kappa shape index (κ2) is 5.53. The highest BCUT2D eigenvalue weighted by Crippen LogP contribution is 1.97. The van der Waals surface area contributed by atoms with Gasteiger partial charge in [0.1, 0.15) is 0 Å².